The predicted molar refractivity (Wildman–Crippen MR) is 127 cm³/mol. The van der Waals surface area contributed by atoms with Gasteiger partial charge in [-0.2, -0.15) is 11.3 Å². The summed E-state index contributed by atoms with van der Waals surface area (Å²) in [5.41, 5.74) is 5.28. The van der Waals surface area contributed by atoms with Crippen LogP contribution >= 0.6 is 11.3 Å². The largest absolute Gasteiger partial charge is 0.495 e. The zero-order valence-electron chi connectivity index (χ0n) is 18.3. The number of ether oxygens (including phenoxy) is 1. The summed E-state index contributed by atoms with van der Waals surface area (Å²) >= 11 is 1.63. The maximum absolute atomic E-state index is 12.6. The second-order valence-corrected chi connectivity index (χ2v) is 8.71. The molecule has 7 heteroatoms. The molecule has 4 rings (SSSR count). The van der Waals surface area contributed by atoms with E-state index >= 15 is 0 Å². The van der Waals surface area contributed by atoms with Crippen LogP contribution in [0.25, 0.3) is 0 Å². The first-order valence-corrected chi connectivity index (χ1v) is 11.6. The lowest BCUT2D eigenvalue weighted by Crippen LogP contribution is -2.43. The van der Waals surface area contributed by atoms with Crippen LogP contribution in [0.3, 0.4) is 0 Å². The van der Waals surface area contributed by atoms with Crippen molar-refractivity contribution < 1.29 is 14.3 Å². The van der Waals surface area contributed by atoms with Gasteiger partial charge in [-0.1, -0.05) is 30.3 Å². The lowest BCUT2D eigenvalue weighted by molar-refractivity contribution is -0.136. The standard InChI is InChI=1S/C25H27N3O3S/c1-17-7-8-23(31-2)21(13-17)27-25(30)24(29)26-14-22(20-10-12-32-16-20)28-11-9-18-5-3-4-6-19(18)15-28/h3-8,10,12-13,16,22H,9,11,14-15H2,1-2H3,(H,26,29)(H,27,30). The van der Waals surface area contributed by atoms with Crippen LogP contribution in [0, 0.1) is 6.92 Å². The Kier molecular flexibility index (Phi) is 6.87. The van der Waals surface area contributed by atoms with Gasteiger partial charge in [0.15, 0.2) is 0 Å². The molecule has 1 unspecified atom stereocenters. The van der Waals surface area contributed by atoms with E-state index in [1.54, 1.807) is 23.5 Å². The van der Waals surface area contributed by atoms with Gasteiger partial charge in [0.2, 0.25) is 0 Å². The van der Waals surface area contributed by atoms with Crippen LogP contribution in [-0.2, 0) is 22.6 Å². The monoisotopic (exact) mass is 449 g/mol. The number of hydrogen-bond donors (Lipinski definition) is 2. The Bertz CT molecular complexity index is 1100. The minimum absolute atomic E-state index is 0.000128. The van der Waals surface area contributed by atoms with Crippen molar-refractivity contribution in [1.29, 1.82) is 0 Å². The number of hydrogen-bond acceptors (Lipinski definition) is 5. The van der Waals surface area contributed by atoms with Crippen molar-refractivity contribution in [2.24, 2.45) is 0 Å². The van der Waals surface area contributed by atoms with Gasteiger partial charge >= 0.3 is 11.8 Å². The van der Waals surface area contributed by atoms with E-state index in [-0.39, 0.29) is 6.04 Å². The highest BCUT2D eigenvalue weighted by Crippen LogP contribution is 2.29. The molecular weight excluding hydrogens is 422 g/mol. The molecule has 166 valence electrons. The molecule has 2 aromatic carbocycles. The highest BCUT2D eigenvalue weighted by molar-refractivity contribution is 7.08. The zero-order chi connectivity index (χ0) is 22.5. The summed E-state index contributed by atoms with van der Waals surface area (Å²) in [6.45, 7) is 3.99. The number of fused-ring (bicyclic) bond motifs is 1. The second-order valence-electron chi connectivity index (χ2n) is 7.93. The third kappa shape index (κ3) is 5.00. The molecule has 1 aliphatic rings. The molecule has 0 bridgehead atoms. The molecule has 2 amide bonds. The van der Waals surface area contributed by atoms with Crippen LogP contribution in [0.2, 0.25) is 0 Å². The second kappa shape index (κ2) is 9.97. The fourth-order valence-electron chi connectivity index (χ4n) is 4.07. The smallest absolute Gasteiger partial charge is 0.313 e. The quantitative estimate of drug-likeness (QED) is 0.560. The fraction of sp³-hybridized carbons (Fsp3) is 0.280. The molecule has 6 nitrogen and oxygen atoms in total. The SMILES string of the molecule is COc1ccc(C)cc1NC(=O)C(=O)NCC(c1ccsc1)N1CCc2ccccc2C1. The summed E-state index contributed by atoms with van der Waals surface area (Å²) in [4.78, 5) is 27.5. The number of aryl methyl sites for hydroxylation is 1. The van der Waals surface area contributed by atoms with Gasteiger partial charge < -0.3 is 15.4 Å². The van der Waals surface area contributed by atoms with Crippen LogP contribution in [0.1, 0.15) is 28.3 Å². The molecule has 0 radical (unpaired) electrons. The first kappa shape index (κ1) is 22.0. The van der Waals surface area contributed by atoms with Crippen molar-refractivity contribution in [3.05, 3.63) is 81.5 Å². The van der Waals surface area contributed by atoms with Crippen LogP contribution in [0.4, 0.5) is 5.69 Å². The number of nitrogens with zero attached hydrogens (tertiary/aromatic N) is 1. The average molecular weight is 450 g/mol. The van der Waals surface area contributed by atoms with Gasteiger partial charge in [-0.3, -0.25) is 14.5 Å². The summed E-state index contributed by atoms with van der Waals surface area (Å²) in [7, 11) is 1.53. The molecule has 2 N–H and O–H groups in total. The van der Waals surface area contributed by atoms with Crippen molar-refractivity contribution in [2.75, 3.05) is 25.5 Å². The van der Waals surface area contributed by atoms with Crippen molar-refractivity contribution in [2.45, 2.75) is 25.9 Å². The van der Waals surface area contributed by atoms with E-state index in [9.17, 15) is 9.59 Å². The molecule has 1 atom stereocenters. The maximum Gasteiger partial charge on any atom is 0.313 e. The molecule has 0 fully saturated rings. The molecule has 1 aliphatic heterocycles. The van der Waals surface area contributed by atoms with Crippen molar-refractivity contribution in [3.8, 4) is 5.75 Å². The molecule has 32 heavy (non-hydrogen) atoms. The summed E-state index contributed by atoms with van der Waals surface area (Å²) in [5, 5.41) is 9.65. The van der Waals surface area contributed by atoms with Gasteiger partial charge in [0.25, 0.3) is 0 Å². The van der Waals surface area contributed by atoms with Crippen molar-refractivity contribution in [3.63, 3.8) is 0 Å². The number of amides is 2. The number of carbonyl (C=O) groups is 2. The van der Waals surface area contributed by atoms with Gasteiger partial charge in [0, 0.05) is 19.6 Å². The highest BCUT2D eigenvalue weighted by Gasteiger charge is 2.26. The number of thiophene rings is 1. The number of anilines is 1. The molecule has 0 aliphatic carbocycles. The molecule has 3 aromatic rings. The topological polar surface area (TPSA) is 70.7 Å². The summed E-state index contributed by atoms with van der Waals surface area (Å²) in [6, 6.07) is 16.0. The first-order valence-electron chi connectivity index (χ1n) is 10.6. The van der Waals surface area contributed by atoms with Crippen LogP contribution < -0.4 is 15.4 Å². The third-order valence-corrected chi connectivity index (χ3v) is 6.50. The number of nitrogens with one attached hydrogen (secondary N) is 2. The summed E-state index contributed by atoms with van der Waals surface area (Å²) in [5.74, 6) is -0.854. The third-order valence-electron chi connectivity index (χ3n) is 5.79. The number of methoxy groups -OCH3 is 1. The van der Waals surface area contributed by atoms with Gasteiger partial charge in [-0.05, 0) is 64.6 Å². The van der Waals surface area contributed by atoms with E-state index in [0.717, 1.165) is 30.6 Å². The normalized spacial score (nSPS) is 14.3. The Morgan fingerprint density at radius 3 is 2.69 bits per heavy atom. The minimum atomic E-state index is -0.707. The number of benzene rings is 2. The molecule has 0 saturated carbocycles. The van der Waals surface area contributed by atoms with Crippen LogP contribution in [0.15, 0.2) is 59.3 Å². The Morgan fingerprint density at radius 1 is 1.12 bits per heavy atom. The molecule has 0 spiro atoms. The van der Waals surface area contributed by atoms with Gasteiger partial charge in [-0.15, -0.1) is 0 Å². The predicted octanol–water partition coefficient (Wildman–Crippen LogP) is 3.92. The van der Waals surface area contributed by atoms with E-state index in [1.807, 2.05) is 18.4 Å². The van der Waals surface area contributed by atoms with Gasteiger partial charge in [0.05, 0.1) is 18.8 Å². The van der Waals surface area contributed by atoms with Crippen molar-refractivity contribution in [1.82, 2.24) is 10.2 Å². The molecule has 2 heterocycles. The van der Waals surface area contributed by atoms with Gasteiger partial charge in [-0.25, -0.2) is 0 Å². The van der Waals surface area contributed by atoms with E-state index in [1.165, 1.54) is 18.2 Å². The van der Waals surface area contributed by atoms with Gasteiger partial charge in [0.1, 0.15) is 5.75 Å². The fourth-order valence-corrected chi connectivity index (χ4v) is 4.78. The lowest BCUT2D eigenvalue weighted by Gasteiger charge is -2.35. The number of carbonyl (C=O) groups excluding carboxylic acids is 2. The van der Waals surface area contributed by atoms with E-state index in [0.29, 0.717) is 18.0 Å². The summed E-state index contributed by atoms with van der Waals surface area (Å²) in [6.07, 6.45) is 0.971. The Morgan fingerprint density at radius 2 is 1.94 bits per heavy atom. The Balaban J connectivity index is 1.43. The minimum Gasteiger partial charge on any atom is -0.495 e. The van der Waals surface area contributed by atoms with E-state index in [2.05, 4.69) is 51.2 Å². The van der Waals surface area contributed by atoms with E-state index < -0.39 is 11.8 Å². The first-order chi connectivity index (χ1) is 15.5. The van der Waals surface area contributed by atoms with Crippen LogP contribution in [0.5, 0.6) is 5.75 Å². The highest BCUT2D eigenvalue weighted by atomic mass is 32.1. The van der Waals surface area contributed by atoms with E-state index in [4.69, 9.17) is 4.74 Å². The molecule has 1 aromatic heterocycles. The maximum atomic E-state index is 12.6. The van der Waals surface area contributed by atoms with Crippen molar-refractivity contribution >= 4 is 28.8 Å². The Hall–Kier alpha value is -3.16. The zero-order valence-corrected chi connectivity index (χ0v) is 19.1. The lowest BCUT2D eigenvalue weighted by atomic mass is 9.97. The number of rotatable bonds is 6. The average Bonchev–Trinajstić information content (AvgIpc) is 3.33. The summed E-state index contributed by atoms with van der Waals surface area (Å²) < 4.78 is 5.28. The van der Waals surface area contributed by atoms with Crippen LogP contribution in [-0.4, -0.2) is 36.9 Å². The Labute approximate surface area is 192 Å². The molecular formula is C25H27N3O3S. The molecule has 0 saturated heterocycles.